The van der Waals surface area contributed by atoms with E-state index in [2.05, 4.69) is 20.9 Å². The molecule has 0 aliphatic heterocycles. The van der Waals surface area contributed by atoms with Crippen molar-refractivity contribution in [2.45, 2.75) is 71.5 Å². The first-order valence-corrected chi connectivity index (χ1v) is 10.8. The van der Waals surface area contributed by atoms with Crippen molar-refractivity contribution in [1.82, 2.24) is 16.0 Å². The zero-order valence-electron chi connectivity index (χ0n) is 19.4. The third-order valence-corrected chi connectivity index (χ3v) is 4.89. The maximum atomic E-state index is 13.0. The number of hydrogen-bond acceptors (Lipinski definition) is 6. The highest BCUT2D eigenvalue weighted by Crippen LogP contribution is 2.09. The fourth-order valence-corrected chi connectivity index (χ4v) is 2.81. The predicted molar refractivity (Wildman–Crippen MR) is 121 cm³/mol. The van der Waals surface area contributed by atoms with Crippen LogP contribution >= 0.6 is 0 Å². The van der Waals surface area contributed by atoms with Gasteiger partial charge in [0.05, 0.1) is 6.04 Å². The third kappa shape index (κ3) is 12.1. The van der Waals surface area contributed by atoms with Gasteiger partial charge < -0.3 is 38.3 Å². The molecule has 0 aromatic carbocycles. The number of guanidine groups is 1. The number of carbonyl (C=O) groups excluding carboxylic acids is 3. The van der Waals surface area contributed by atoms with Gasteiger partial charge in [-0.25, -0.2) is 0 Å². The topological polar surface area (TPSA) is 215 Å². The summed E-state index contributed by atoms with van der Waals surface area (Å²) in [6.45, 7) is 7.17. The van der Waals surface area contributed by atoms with Crippen molar-refractivity contribution in [2.24, 2.45) is 34.0 Å². The minimum Gasteiger partial charge on any atom is -0.480 e. The van der Waals surface area contributed by atoms with Gasteiger partial charge >= 0.3 is 5.97 Å². The number of carbonyl (C=O) groups is 4. The van der Waals surface area contributed by atoms with Gasteiger partial charge in [-0.1, -0.05) is 34.1 Å². The van der Waals surface area contributed by atoms with E-state index < -0.39 is 48.4 Å². The first kappa shape index (κ1) is 29.1. The molecule has 0 aromatic heterocycles. The Balaban J connectivity index is 5.40. The molecule has 0 radical (unpaired) electrons. The quantitative estimate of drug-likeness (QED) is 0.0882. The maximum Gasteiger partial charge on any atom is 0.322 e. The molecule has 0 rings (SSSR count). The number of aliphatic carboxylic acids is 1. The highest BCUT2D eigenvalue weighted by atomic mass is 16.4. The number of carboxylic acids is 1. The summed E-state index contributed by atoms with van der Waals surface area (Å²) in [4.78, 5) is 52.5. The number of aliphatic imine (C=N–C) groups is 1. The van der Waals surface area contributed by atoms with Crippen molar-refractivity contribution in [1.29, 1.82) is 0 Å². The van der Waals surface area contributed by atoms with Crippen LogP contribution in [0.15, 0.2) is 4.99 Å². The number of rotatable bonds is 15. The molecule has 0 bridgehead atoms. The van der Waals surface area contributed by atoms with E-state index in [-0.39, 0.29) is 37.2 Å². The van der Waals surface area contributed by atoms with E-state index in [9.17, 15) is 19.2 Å². The highest BCUT2D eigenvalue weighted by Gasteiger charge is 2.29. The van der Waals surface area contributed by atoms with Crippen LogP contribution in [0.4, 0.5) is 0 Å². The van der Waals surface area contributed by atoms with Crippen molar-refractivity contribution in [3.05, 3.63) is 0 Å². The summed E-state index contributed by atoms with van der Waals surface area (Å²) in [7, 11) is 0. The Hall–Kier alpha value is -2.89. The lowest BCUT2D eigenvalue weighted by molar-refractivity contribution is -0.138. The van der Waals surface area contributed by atoms with Crippen molar-refractivity contribution in [2.75, 3.05) is 13.1 Å². The second kappa shape index (κ2) is 15.0. The molecule has 0 heterocycles. The summed E-state index contributed by atoms with van der Waals surface area (Å²) in [5, 5.41) is 16.3. The number of carboxylic acid groups (broad SMARTS) is 1. The summed E-state index contributed by atoms with van der Waals surface area (Å²) in [6, 6.07) is -2.71. The highest BCUT2D eigenvalue weighted by molar-refractivity contribution is 5.93. The first-order valence-electron chi connectivity index (χ1n) is 10.8. The Morgan fingerprint density at radius 1 is 0.969 bits per heavy atom. The molecule has 184 valence electrons. The van der Waals surface area contributed by atoms with Crippen LogP contribution in [-0.2, 0) is 19.2 Å². The largest absolute Gasteiger partial charge is 0.480 e. The number of nitrogens with zero attached hydrogens (tertiary/aromatic N) is 1. The molecule has 10 N–H and O–H groups in total. The Labute approximate surface area is 189 Å². The summed E-state index contributed by atoms with van der Waals surface area (Å²) >= 11 is 0. The van der Waals surface area contributed by atoms with E-state index >= 15 is 0 Å². The lowest BCUT2D eigenvalue weighted by atomic mass is 9.98. The van der Waals surface area contributed by atoms with Gasteiger partial charge in [0.25, 0.3) is 0 Å². The zero-order valence-corrected chi connectivity index (χ0v) is 19.4. The molecule has 0 saturated carbocycles. The molecule has 12 heteroatoms. The molecule has 0 aliphatic rings. The van der Waals surface area contributed by atoms with Crippen LogP contribution < -0.4 is 33.2 Å². The average Bonchev–Trinajstić information content (AvgIpc) is 2.71. The molecule has 0 aromatic rings. The lowest BCUT2D eigenvalue weighted by Gasteiger charge is -2.26. The van der Waals surface area contributed by atoms with Crippen LogP contribution in [0, 0.1) is 11.8 Å². The van der Waals surface area contributed by atoms with Crippen molar-refractivity contribution in [3.8, 4) is 0 Å². The Morgan fingerprint density at radius 3 is 2.06 bits per heavy atom. The van der Waals surface area contributed by atoms with Crippen LogP contribution in [-0.4, -0.2) is 66.0 Å². The number of nitrogens with one attached hydrogen (secondary N) is 3. The van der Waals surface area contributed by atoms with Crippen molar-refractivity contribution in [3.63, 3.8) is 0 Å². The van der Waals surface area contributed by atoms with Crippen molar-refractivity contribution >= 4 is 29.7 Å². The van der Waals surface area contributed by atoms with Gasteiger partial charge in [-0.05, 0) is 31.1 Å². The Bertz CT molecular complexity index is 665. The van der Waals surface area contributed by atoms with E-state index in [0.29, 0.717) is 12.8 Å². The molecule has 0 saturated heterocycles. The Morgan fingerprint density at radius 2 is 1.56 bits per heavy atom. The van der Waals surface area contributed by atoms with Crippen LogP contribution in [0.2, 0.25) is 0 Å². The normalized spacial score (nSPS) is 14.6. The minimum atomic E-state index is -1.20. The van der Waals surface area contributed by atoms with E-state index in [1.807, 2.05) is 27.7 Å². The molecule has 12 nitrogen and oxygen atoms in total. The van der Waals surface area contributed by atoms with Gasteiger partial charge in [-0.2, -0.15) is 0 Å². The Kier molecular flexibility index (Phi) is 13.6. The van der Waals surface area contributed by atoms with Crippen LogP contribution in [0.3, 0.4) is 0 Å². The molecule has 0 aliphatic carbocycles. The standard InChI is InChI=1S/C20H39N7O5/c1-5-12(4)16(21)19(32)26-13(7-6-8-24-20(22)23)18(31)27-14(9-11(2)3)17(30)25-10-15(28)29/h11-14,16H,5-10,21H2,1-4H3,(H,25,30)(H,26,32)(H,27,31)(H,28,29)(H4,22,23,24). The molecule has 32 heavy (non-hydrogen) atoms. The summed E-state index contributed by atoms with van der Waals surface area (Å²) < 4.78 is 0. The van der Waals surface area contributed by atoms with Gasteiger partial charge in [-0.15, -0.1) is 0 Å². The van der Waals surface area contributed by atoms with Crippen LogP contribution in [0.5, 0.6) is 0 Å². The first-order chi connectivity index (χ1) is 14.9. The maximum absolute atomic E-state index is 13.0. The molecule has 0 spiro atoms. The fourth-order valence-electron chi connectivity index (χ4n) is 2.81. The molecule has 3 amide bonds. The van der Waals surface area contributed by atoms with Crippen LogP contribution in [0.1, 0.15) is 53.4 Å². The number of amides is 3. The minimum absolute atomic E-state index is 0.0459. The van der Waals surface area contributed by atoms with E-state index in [0.717, 1.165) is 0 Å². The van der Waals surface area contributed by atoms with Gasteiger partial charge in [0.1, 0.15) is 18.6 Å². The molecular formula is C20H39N7O5. The number of nitrogens with two attached hydrogens (primary N) is 3. The monoisotopic (exact) mass is 457 g/mol. The molecular weight excluding hydrogens is 418 g/mol. The van der Waals surface area contributed by atoms with Gasteiger partial charge in [0.2, 0.25) is 17.7 Å². The van der Waals surface area contributed by atoms with E-state index in [1.165, 1.54) is 0 Å². The van der Waals surface area contributed by atoms with Gasteiger partial charge in [0.15, 0.2) is 5.96 Å². The smallest absolute Gasteiger partial charge is 0.322 e. The van der Waals surface area contributed by atoms with Gasteiger partial charge in [0, 0.05) is 6.54 Å². The lowest BCUT2D eigenvalue weighted by Crippen LogP contribution is -2.57. The van der Waals surface area contributed by atoms with E-state index in [1.54, 1.807) is 0 Å². The third-order valence-electron chi connectivity index (χ3n) is 4.89. The fraction of sp³-hybridized carbons (Fsp3) is 0.750. The zero-order chi connectivity index (χ0) is 24.8. The van der Waals surface area contributed by atoms with E-state index in [4.69, 9.17) is 22.3 Å². The average molecular weight is 458 g/mol. The summed E-state index contributed by atoms with van der Waals surface area (Å²) in [6.07, 6.45) is 1.59. The van der Waals surface area contributed by atoms with Crippen molar-refractivity contribution < 1.29 is 24.3 Å². The molecule has 0 fully saturated rings. The molecule has 4 atom stereocenters. The number of hydrogen-bond donors (Lipinski definition) is 7. The van der Waals surface area contributed by atoms with Crippen LogP contribution in [0.25, 0.3) is 0 Å². The second-order valence-electron chi connectivity index (χ2n) is 8.22. The second-order valence-corrected chi connectivity index (χ2v) is 8.22. The summed E-state index contributed by atoms with van der Waals surface area (Å²) in [5.41, 5.74) is 16.6. The summed E-state index contributed by atoms with van der Waals surface area (Å²) in [5.74, 6) is -2.98. The predicted octanol–water partition coefficient (Wildman–Crippen LogP) is -1.37. The van der Waals surface area contributed by atoms with Gasteiger partial charge in [-0.3, -0.25) is 24.2 Å². The SMILES string of the molecule is CCC(C)C(N)C(=O)NC(CCCN=C(N)N)C(=O)NC(CC(C)C)C(=O)NCC(=O)O. The molecule has 4 unspecified atom stereocenters.